The molecule has 0 amide bonds. The monoisotopic (exact) mass is 253 g/mol. The van der Waals surface area contributed by atoms with E-state index in [2.05, 4.69) is 4.98 Å². The highest BCUT2D eigenvalue weighted by Crippen LogP contribution is 2.21. The molecule has 2 N–H and O–H groups in total. The van der Waals surface area contributed by atoms with E-state index in [1.807, 2.05) is 13.0 Å². The molecule has 96 valence electrons. The molecule has 0 aliphatic carbocycles. The number of nitrogen functional groups attached to an aromatic ring is 1. The minimum absolute atomic E-state index is 0.0112. The van der Waals surface area contributed by atoms with Gasteiger partial charge in [0.25, 0.3) is 0 Å². The fraction of sp³-hybridized carbons (Fsp3) is 0.250. The first kappa shape index (κ1) is 12.3. The van der Waals surface area contributed by atoms with E-state index in [0.717, 1.165) is 11.8 Å². The molecular formula is C12H13F2N3O. The third-order valence-corrected chi connectivity index (χ3v) is 2.49. The summed E-state index contributed by atoms with van der Waals surface area (Å²) in [5.41, 5.74) is 5.32. The third-order valence-electron chi connectivity index (χ3n) is 2.49. The van der Waals surface area contributed by atoms with Crippen molar-refractivity contribution in [2.24, 2.45) is 0 Å². The van der Waals surface area contributed by atoms with Crippen LogP contribution >= 0.6 is 0 Å². The van der Waals surface area contributed by atoms with Crippen LogP contribution in [0.4, 0.5) is 20.4 Å². The van der Waals surface area contributed by atoms with Gasteiger partial charge in [0.15, 0.2) is 23.3 Å². The summed E-state index contributed by atoms with van der Waals surface area (Å²) in [6.45, 7) is 2.14. The number of rotatable bonds is 3. The van der Waals surface area contributed by atoms with Gasteiger partial charge in [-0.3, -0.25) is 0 Å². The first-order valence-corrected chi connectivity index (χ1v) is 5.35. The van der Waals surface area contributed by atoms with Gasteiger partial charge in [-0.1, -0.05) is 0 Å². The van der Waals surface area contributed by atoms with Gasteiger partial charge in [0.1, 0.15) is 11.5 Å². The third kappa shape index (κ3) is 2.42. The maximum atomic E-state index is 13.6. The van der Waals surface area contributed by atoms with Crippen molar-refractivity contribution in [3.63, 3.8) is 0 Å². The van der Waals surface area contributed by atoms with E-state index in [4.69, 9.17) is 10.2 Å². The minimum atomic E-state index is -0.863. The van der Waals surface area contributed by atoms with E-state index in [0.29, 0.717) is 12.3 Å². The Hall–Kier alpha value is -2.11. The highest BCUT2D eigenvalue weighted by atomic mass is 19.1. The quantitative estimate of drug-likeness (QED) is 0.913. The van der Waals surface area contributed by atoms with Gasteiger partial charge < -0.3 is 15.1 Å². The fourth-order valence-electron chi connectivity index (χ4n) is 1.62. The van der Waals surface area contributed by atoms with Gasteiger partial charge in [0.2, 0.25) is 0 Å². The molecule has 0 radical (unpaired) electrons. The zero-order valence-corrected chi connectivity index (χ0v) is 10.1. The molecule has 6 heteroatoms. The van der Waals surface area contributed by atoms with Crippen LogP contribution < -0.4 is 10.6 Å². The number of hydrogen-bond acceptors (Lipinski definition) is 4. The number of nitrogens with two attached hydrogens (primary N) is 1. The van der Waals surface area contributed by atoms with Crippen molar-refractivity contribution >= 4 is 11.6 Å². The number of furan rings is 1. The summed E-state index contributed by atoms with van der Waals surface area (Å²) in [7, 11) is 1.63. The van der Waals surface area contributed by atoms with Gasteiger partial charge in [-0.2, -0.15) is 0 Å². The highest BCUT2D eigenvalue weighted by Gasteiger charge is 2.14. The Morgan fingerprint density at radius 2 is 2.06 bits per heavy atom. The summed E-state index contributed by atoms with van der Waals surface area (Å²) >= 11 is 0. The smallest absolute Gasteiger partial charge is 0.168 e. The Balaban J connectivity index is 2.23. The first-order valence-electron chi connectivity index (χ1n) is 5.35. The summed E-state index contributed by atoms with van der Waals surface area (Å²) in [6.07, 6.45) is 0. The van der Waals surface area contributed by atoms with E-state index in [1.54, 1.807) is 13.1 Å². The average Bonchev–Trinajstić information content (AvgIpc) is 2.69. The topological polar surface area (TPSA) is 55.3 Å². The molecule has 0 spiro atoms. The lowest BCUT2D eigenvalue weighted by molar-refractivity contribution is 0.479. The van der Waals surface area contributed by atoms with Crippen LogP contribution in [-0.4, -0.2) is 12.0 Å². The molecule has 2 heterocycles. The summed E-state index contributed by atoms with van der Waals surface area (Å²) in [5, 5.41) is 0. The number of anilines is 2. The Labute approximate surface area is 103 Å². The van der Waals surface area contributed by atoms with Crippen molar-refractivity contribution in [1.82, 2.24) is 4.98 Å². The van der Waals surface area contributed by atoms with Crippen molar-refractivity contribution in [1.29, 1.82) is 0 Å². The molecular weight excluding hydrogens is 240 g/mol. The van der Waals surface area contributed by atoms with Crippen LogP contribution in [0.1, 0.15) is 11.5 Å². The predicted octanol–water partition coefficient (Wildman–Crippen LogP) is 2.48. The summed E-state index contributed by atoms with van der Waals surface area (Å²) in [5.74, 6) is -0.521. The number of aryl methyl sites for hydroxylation is 1. The van der Waals surface area contributed by atoms with Crippen molar-refractivity contribution in [2.45, 2.75) is 13.5 Å². The highest BCUT2D eigenvalue weighted by molar-refractivity contribution is 5.46. The Morgan fingerprint density at radius 3 is 2.67 bits per heavy atom. The zero-order valence-electron chi connectivity index (χ0n) is 10.1. The molecule has 0 saturated heterocycles. The van der Waals surface area contributed by atoms with E-state index >= 15 is 0 Å². The number of nitrogens with zero attached hydrogens (tertiary/aromatic N) is 2. The second kappa shape index (κ2) is 4.64. The molecule has 0 aliphatic heterocycles. The van der Waals surface area contributed by atoms with Gasteiger partial charge in [-0.05, 0) is 19.1 Å². The Kier molecular flexibility index (Phi) is 3.18. The Bertz CT molecular complexity index is 568. The van der Waals surface area contributed by atoms with Crippen LogP contribution in [0.15, 0.2) is 22.6 Å². The molecule has 0 aliphatic rings. The lowest BCUT2D eigenvalue weighted by Crippen LogP contribution is -2.19. The SMILES string of the molecule is Cc1ccc(CN(C)c2nc(N)c(F)cc2F)o1. The molecule has 4 nitrogen and oxygen atoms in total. The van der Waals surface area contributed by atoms with Crippen LogP contribution in [0.5, 0.6) is 0 Å². The lowest BCUT2D eigenvalue weighted by atomic mass is 10.3. The lowest BCUT2D eigenvalue weighted by Gasteiger charge is -2.17. The molecule has 0 unspecified atom stereocenters. The number of aromatic nitrogens is 1. The number of pyridine rings is 1. The minimum Gasteiger partial charge on any atom is -0.464 e. The maximum absolute atomic E-state index is 13.6. The van der Waals surface area contributed by atoms with Crippen LogP contribution in [0.2, 0.25) is 0 Å². The van der Waals surface area contributed by atoms with Crippen molar-refractivity contribution < 1.29 is 13.2 Å². The van der Waals surface area contributed by atoms with E-state index < -0.39 is 11.6 Å². The standard InChI is InChI=1S/C12H13F2N3O/c1-7-3-4-8(18-7)6-17(2)12-10(14)5-9(13)11(15)16-12/h3-5H,6H2,1-2H3,(H2,15,16). The molecule has 0 saturated carbocycles. The van der Waals surface area contributed by atoms with Gasteiger partial charge in [-0.25, -0.2) is 13.8 Å². The maximum Gasteiger partial charge on any atom is 0.168 e. The first-order chi connectivity index (χ1) is 8.47. The van der Waals surface area contributed by atoms with E-state index in [9.17, 15) is 8.78 Å². The van der Waals surface area contributed by atoms with E-state index in [1.165, 1.54) is 4.90 Å². The second-order valence-electron chi connectivity index (χ2n) is 4.03. The molecule has 2 aromatic rings. The van der Waals surface area contributed by atoms with Crippen molar-refractivity contribution in [2.75, 3.05) is 17.7 Å². The summed E-state index contributed by atoms with van der Waals surface area (Å²) < 4.78 is 31.9. The van der Waals surface area contributed by atoms with Crippen molar-refractivity contribution in [3.05, 3.63) is 41.4 Å². The average molecular weight is 253 g/mol. The fourth-order valence-corrected chi connectivity index (χ4v) is 1.62. The summed E-state index contributed by atoms with van der Waals surface area (Å²) in [6, 6.07) is 4.32. The molecule has 0 atom stereocenters. The van der Waals surface area contributed by atoms with Gasteiger partial charge >= 0.3 is 0 Å². The molecule has 0 aromatic carbocycles. The van der Waals surface area contributed by atoms with Crippen LogP contribution in [0.3, 0.4) is 0 Å². The molecule has 0 fully saturated rings. The van der Waals surface area contributed by atoms with Crippen LogP contribution in [0, 0.1) is 18.6 Å². The molecule has 2 rings (SSSR count). The van der Waals surface area contributed by atoms with Gasteiger partial charge in [0, 0.05) is 13.1 Å². The molecule has 2 aromatic heterocycles. The van der Waals surface area contributed by atoms with Gasteiger partial charge in [-0.15, -0.1) is 0 Å². The zero-order chi connectivity index (χ0) is 13.3. The number of halogens is 2. The summed E-state index contributed by atoms with van der Waals surface area (Å²) in [4.78, 5) is 5.19. The Morgan fingerprint density at radius 1 is 1.33 bits per heavy atom. The molecule has 18 heavy (non-hydrogen) atoms. The second-order valence-corrected chi connectivity index (χ2v) is 4.03. The predicted molar refractivity (Wildman–Crippen MR) is 64.1 cm³/mol. The van der Waals surface area contributed by atoms with Crippen LogP contribution in [0.25, 0.3) is 0 Å². The van der Waals surface area contributed by atoms with Crippen LogP contribution in [-0.2, 0) is 6.54 Å². The van der Waals surface area contributed by atoms with E-state index in [-0.39, 0.29) is 11.6 Å². The molecule has 0 bridgehead atoms. The van der Waals surface area contributed by atoms with Gasteiger partial charge in [0.05, 0.1) is 6.54 Å². The number of hydrogen-bond donors (Lipinski definition) is 1. The largest absolute Gasteiger partial charge is 0.464 e. The van der Waals surface area contributed by atoms with Crippen molar-refractivity contribution in [3.8, 4) is 0 Å². The normalized spacial score (nSPS) is 10.7.